The van der Waals surface area contributed by atoms with Crippen LogP contribution in [0.1, 0.15) is 45.7 Å². The van der Waals surface area contributed by atoms with Crippen LogP contribution < -0.4 is 10.6 Å². The van der Waals surface area contributed by atoms with E-state index in [4.69, 9.17) is 4.42 Å². The fourth-order valence-corrected chi connectivity index (χ4v) is 3.00. The van der Waals surface area contributed by atoms with E-state index < -0.39 is 0 Å². The maximum atomic E-state index is 12.4. The molecule has 0 atom stereocenters. The molecule has 3 amide bonds. The number of nitrogens with zero attached hydrogens (tertiary/aromatic N) is 1. The van der Waals surface area contributed by atoms with Crippen LogP contribution in [0.15, 0.2) is 41.0 Å². The van der Waals surface area contributed by atoms with Gasteiger partial charge in [0.1, 0.15) is 0 Å². The summed E-state index contributed by atoms with van der Waals surface area (Å²) in [4.78, 5) is 37.9. The first kappa shape index (κ1) is 18.7. The molecule has 2 N–H and O–H groups in total. The van der Waals surface area contributed by atoms with Crippen LogP contribution in [0.25, 0.3) is 0 Å². The lowest BCUT2D eigenvalue weighted by Crippen LogP contribution is -2.30. The van der Waals surface area contributed by atoms with Crippen LogP contribution >= 0.6 is 0 Å². The lowest BCUT2D eigenvalue weighted by molar-refractivity contribution is -0.127. The Morgan fingerprint density at radius 3 is 2.78 bits per heavy atom. The van der Waals surface area contributed by atoms with E-state index >= 15 is 0 Å². The Kier molecular flexibility index (Phi) is 5.90. The third-order valence-electron chi connectivity index (χ3n) is 4.55. The van der Waals surface area contributed by atoms with Gasteiger partial charge in [0.05, 0.1) is 6.26 Å². The minimum atomic E-state index is -0.365. The number of amides is 3. The summed E-state index contributed by atoms with van der Waals surface area (Å²) in [7, 11) is 0. The topological polar surface area (TPSA) is 91.7 Å². The summed E-state index contributed by atoms with van der Waals surface area (Å²) in [6.45, 7) is 3.82. The molecule has 0 radical (unpaired) electrons. The monoisotopic (exact) mass is 369 g/mol. The molecule has 1 fully saturated rings. The molecular formula is C20H23N3O4. The first-order chi connectivity index (χ1) is 13.0. The zero-order chi connectivity index (χ0) is 19.2. The SMILES string of the molecule is Cc1ccc(C(=O)NCCCN2CCCC2=O)cc1NC(=O)c1ccco1. The van der Waals surface area contributed by atoms with E-state index in [0.717, 1.165) is 18.5 Å². The Bertz CT molecular complexity index is 830. The summed E-state index contributed by atoms with van der Waals surface area (Å²) in [6.07, 6.45) is 3.69. The quantitative estimate of drug-likeness (QED) is 0.734. The zero-order valence-corrected chi connectivity index (χ0v) is 15.3. The number of hydrogen-bond donors (Lipinski definition) is 2. The fraction of sp³-hybridized carbons (Fsp3) is 0.350. The zero-order valence-electron chi connectivity index (χ0n) is 15.3. The minimum Gasteiger partial charge on any atom is -0.459 e. The number of likely N-dealkylation sites (tertiary alicyclic amines) is 1. The number of benzene rings is 1. The van der Waals surface area contributed by atoms with Gasteiger partial charge in [-0.1, -0.05) is 6.07 Å². The van der Waals surface area contributed by atoms with Crippen LogP contribution in [0.2, 0.25) is 0 Å². The van der Waals surface area contributed by atoms with Gasteiger partial charge < -0.3 is 20.0 Å². The molecule has 1 aromatic carbocycles. The Morgan fingerprint density at radius 2 is 2.07 bits per heavy atom. The predicted octanol–water partition coefficient (Wildman–Crippen LogP) is 2.58. The Balaban J connectivity index is 1.53. The van der Waals surface area contributed by atoms with Gasteiger partial charge in [-0.15, -0.1) is 0 Å². The van der Waals surface area contributed by atoms with Gasteiger partial charge in [-0.2, -0.15) is 0 Å². The van der Waals surface area contributed by atoms with Gasteiger partial charge >= 0.3 is 0 Å². The van der Waals surface area contributed by atoms with Crippen molar-refractivity contribution in [3.8, 4) is 0 Å². The standard InChI is InChI=1S/C20H23N3O4/c1-14-7-8-15(13-16(14)22-20(26)17-5-3-12-27-17)19(25)21-9-4-11-23-10-2-6-18(23)24/h3,5,7-8,12-13H,2,4,6,9-11H2,1H3,(H,21,25)(H,22,26). The molecular weight excluding hydrogens is 346 g/mol. The Hall–Kier alpha value is -3.09. The maximum absolute atomic E-state index is 12.4. The van der Waals surface area contributed by atoms with Gasteiger partial charge in [-0.3, -0.25) is 14.4 Å². The van der Waals surface area contributed by atoms with Crippen molar-refractivity contribution in [1.29, 1.82) is 0 Å². The van der Waals surface area contributed by atoms with Crippen LogP contribution in [-0.2, 0) is 4.79 Å². The molecule has 3 rings (SSSR count). The Labute approximate surface area is 157 Å². The van der Waals surface area contributed by atoms with Crippen molar-refractivity contribution in [2.24, 2.45) is 0 Å². The average Bonchev–Trinajstić information content (AvgIpc) is 3.32. The molecule has 142 valence electrons. The van der Waals surface area contributed by atoms with Crippen molar-refractivity contribution < 1.29 is 18.8 Å². The number of hydrogen-bond acceptors (Lipinski definition) is 4. The lowest BCUT2D eigenvalue weighted by atomic mass is 10.1. The van der Waals surface area contributed by atoms with Gasteiger partial charge in [-0.05, 0) is 49.6 Å². The van der Waals surface area contributed by atoms with E-state index in [1.807, 2.05) is 11.8 Å². The molecule has 0 aliphatic carbocycles. The van der Waals surface area contributed by atoms with Crippen molar-refractivity contribution >= 4 is 23.4 Å². The maximum Gasteiger partial charge on any atom is 0.291 e. The van der Waals surface area contributed by atoms with E-state index in [0.29, 0.717) is 37.2 Å². The summed E-state index contributed by atoms with van der Waals surface area (Å²) in [6, 6.07) is 8.37. The van der Waals surface area contributed by atoms with Crippen molar-refractivity contribution in [2.45, 2.75) is 26.2 Å². The van der Waals surface area contributed by atoms with E-state index in [-0.39, 0.29) is 23.5 Å². The lowest BCUT2D eigenvalue weighted by Gasteiger charge is -2.15. The highest BCUT2D eigenvalue weighted by atomic mass is 16.3. The number of furan rings is 1. The third kappa shape index (κ3) is 4.75. The van der Waals surface area contributed by atoms with Crippen LogP contribution in [0.4, 0.5) is 5.69 Å². The predicted molar refractivity (Wildman–Crippen MR) is 101 cm³/mol. The van der Waals surface area contributed by atoms with Crippen LogP contribution in [0.5, 0.6) is 0 Å². The molecule has 27 heavy (non-hydrogen) atoms. The first-order valence-electron chi connectivity index (χ1n) is 9.06. The van der Waals surface area contributed by atoms with Gasteiger partial charge in [0, 0.05) is 37.3 Å². The molecule has 1 aliphatic heterocycles. The number of nitrogens with one attached hydrogen (secondary N) is 2. The van der Waals surface area contributed by atoms with E-state index in [1.165, 1.54) is 6.26 Å². The molecule has 0 spiro atoms. The van der Waals surface area contributed by atoms with Gasteiger partial charge in [0.2, 0.25) is 5.91 Å². The second kappa shape index (κ2) is 8.53. The molecule has 0 bridgehead atoms. The minimum absolute atomic E-state index is 0.191. The third-order valence-corrected chi connectivity index (χ3v) is 4.55. The molecule has 7 nitrogen and oxygen atoms in total. The second-order valence-corrected chi connectivity index (χ2v) is 6.55. The average molecular weight is 369 g/mol. The molecule has 1 saturated heterocycles. The van der Waals surface area contributed by atoms with E-state index in [2.05, 4.69) is 10.6 Å². The van der Waals surface area contributed by atoms with Gasteiger partial charge in [-0.25, -0.2) is 0 Å². The number of anilines is 1. The second-order valence-electron chi connectivity index (χ2n) is 6.55. The highest BCUT2D eigenvalue weighted by Gasteiger charge is 2.19. The molecule has 1 aliphatic rings. The summed E-state index contributed by atoms with van der Waals surface area (Å²) < 4.78 is 5.08. The molecule has 2 heterocycles. The van der Waals surface area contributed by atoms with E-state index in [9.17, 15) is 14.4 Å². The first-order valence-corrected chi connectivity index (χ1v) is 9.06. The van der Waals surface area contributed by atoms with Gasteiger partial charge in [0.15, 0.2) is 5.76 Å². The van der Waals surface area contributed by atoms with Crippen LogP contribution in [0, 0.1) is 6.92 Å². The summed E-state index contributed by atoms with van der Waals surface area (Å²) in [5.41, 5.74) is 1.87. The molecule has 1 aromatic heterocycles. The Morgan fingerprint density at radius 1 is 1.22 bits per heavy atom. The summed E-state index contributed by atoms with van der Waals surface area (Å²) >= 11 is 0. The van der Waals surface area contributed by atoms with Crippen molar-refractivity contribution in [2.75, 3.05) is 25.0 Å². The van der Waals surface area contributed by atoms with E-state index in [1.54, 1.807) is 30.3 Å². The van der Waals surface area contributed by atoms with Crippen LogP contribution in [0.3, 0.4) is 0 Å². The number of carbonyl (C=O) groups excluding carboxylic acids is 3. The van der Waals surface area contributed by atoms with Crippen molar-refractivity contribution in [3.05, 3.63) is 53.5 Å². The van der Waals surface area contributed by atoms with Gasteiger partial charge in [0.25, 0.3) is 11.8 Å². The highest BCUT2D eigenvalue weighted by Crippen LogP contribution is 2.18. The summed E-state index contributed by atoms with van der Waals surface area (Å²) in [5, 5.41) is 5.62. The smallest absolute Gasteiger partial charge is 0.291 e. The van der Waals surface area contributed by atoms with Crippen LogP contribution in [-0.4, -0.2) is 42.3 Å². The number of carbonyl (C=O) groups is 3. The number of rotatable bonds is 7. The normalized spacial score (nSPS) is 13.7. The summed E-state index contributed by atoms with van der Waals surface area (Å²) in [5.74, 6) is -0.176. The molecule has 0 saturated carbocycles. The molecule has 0 unspecified atom stereocenters. The largest absolute Gasteiger partial charge is 0.459 e. The van der Waals surface area contributed by atoms with Crippen molar-refractivity contribution in [3.63, 3.8) is 0 Å². The fourth-order valence-electron chi connectivity index (χ4n) is 3.00. The molecule has 7 heteroatoms. The van der Waals surface area contributed by atoms with Crippen molar-refractivity contribution in [1.82, 2.24) is 10.2 Å². The number of aryl methyl sites for hydroxylation is 1. The highest BCUT2D eigenvalue weighted by molar-refractivity contribution is 6.03. The molecule has 2 aromatic rings.